The van der Waals surface area contributed by atoms with E-state index in [0.717, 1.165) is 24.1 Å². The number of rotatable bonds is 4. The van der Waals surface area contributed by atoms with Crippen molar-refractivity contribution in [3.05, 3.63) is 54.4 Å². The lowest BCUT2D eigenvalue weighted by molar-refractivity contribution is -0.136. The van der Waals surface area contributed by atoms with Gasteiger partial charge >= 0.3 is 11.8 Å². The van der Waals surface area contributed by atoms with Crippen LogP contribution in [0.15, 0.2) is 48.8 Å². The van der Waals surface area contributed by atoms with Crippen LogP contribution in [0.3, 0.4) is 0 Å². The molecule has 3 amide bonds. The summed E-state index contributed by atoms with van der Waals surface area (Å²) >= 11 is 0. The molecule has 2 aromatic rings. The van der Waals surface area contributed by atoms with Crippen LogP contribution >= 0.6 is 0 Å². The molecule has 0 atom stereocenters. The number of carbonyl (C=O) groups excluding carboxylic acids is 3. The van der Waals surface area contributed by atoms with Gasteiger partial charge in [-0.15, -0.1) is 0 Å². The van der Waals surface area contributed by atoms with Gasteiger partial charge in [0.05, 0.1) is 0 Å². The molecule has 7 heteroatoms. The molecule has 2 N–H and O–H groups in total. The Kier molecular flexibility index (Phi) is 5.58. The van der Waals surface area contributed by atoms with Crippen molar-refractivity contribution in [2.24, 2.45) is 0 Å². The van der Waals surface area contributed by atoms with Crippen LogP contribution in [-0.2, 0) is 20.9 Å². The summed E-state index contributed by atoms with van der Waals surface area (Å²) in [5.74, 6) is -1.39. The highest BCUT2D eigenvalue weighted by atomic mass is 16.2. The van der Waals surface area contributed by atoms with E-state index in [4.69, 9.17) is 0 Å². The summed E-state index contributed by atoms with van der Waals surface area (Å²) in [6.07, 6.45) is 5.64. The minimum Gasteiger partial charge on any atom is -0.344 e. The summed E-state index contributed by atoms with van der Waals surface area (Å²) in [6.45, 7) is 0.916. The number of nitrogens with zero attached hydrogens (tertiary/aromatic N) is 2. The summed E-state index contributed by atoms with van der Waals surface area (Å²) in [4.78, 5) is 41.7. The lowest BCUT2D eigenvalue weighted by atomic mass is 10.1. The molecule has 1 saturated heterocycles. The van der Waals surface area contributed by atoms with Gasteiger partial charge in [0.2, 0.25) is 5.91 Å². The second-order valence-corrected chi connectivity index (χ2v) is 6.05. The molecule has 7 nitrogen and oxygen atoms in total. The van der Waals surface area contributed by atoms with Crippen molar-refractivity contribution >= 4 is 29.1 Å². The van der Waals surface area contributed by atoms with Gasteiger partial charge in [-0.25, -0.2) is 0 Å². The van der Waals surface area contributed by atoms with Gasteiger partial charge in [0, 0.05) is 43.3 Å². The molecule has 134 valence electrons. The first kappa shape index (κ1) is 17.6. The van der Waals surface area contributed by atoms with E-state index in [1.54, 1.807) is 47.6 Å². The highest BCUT2D eigenvalue weighted by molar-refractivity contribution is 6.39. The number of aromatic nitrogens is 1. The largest absolute Gasteiger partial charge is 0.344 e. The van der Waals surface area contributed by atoms with Crippen LogP contribution in [-0.4, -0.2) is 29.3 Å². The molecule has 0 aliphatic carbocycles. The maximum atomic E-state index is 12.1. The van der Waals surface area contributed by atoms with Crippen LogP contribution < -0.4 is 15.5 Å². The molecular formula is C19H20N4O3. The number of carbonyl (C=O) groups is 3. The van der Waals surface area contributed by atoms with Gasteiger partial charge in [-0.3, -0.25) is 19.4 Å². The Hall–Kier alpha value is -3.22. The third-order valence-electron chi connectivity index (χ3n) is 4.15. The third kappa shape index (κ3) is 4.44. The predicted octanol–water partition coefficient (Wildman–Crippen LogP) is 1.85. The van der Waals surface area contributed by atoms with Crippen molar-refractivity contribution in [1.29, 1.82) is 0 Å². The number of pyridine rings is 1. The number of hydrogen-bond acceptors (Lipinski definition) is 4. The van der Waals surface area contributed by atoms with E-state index in [2.05, 4.69) is 15.6 Å². The average Bonchev–Trinajstić information content (AvgIpc) is 2.67. The van der Waals surface area contributed by atoms with Crippen molar-refractivity contribution in [3.8, 4) is 0 Å². The SMILES string of the molecule is O=C(NCc1ccncc1)C(=O)Nc1cccc(N2CCCCC2=O)c1. The van der Waals surface area contributed by atoms with Gasteiger partial charge in [-0.2, -0.15) is 0 Å². The van der Waals surface area contributed by atoms with E-state index in [1.807, 2.05) is 6.07 Å². The van der Waals surface area contributed by atoms with Crippen LogP contribution in [0.5, 0.6) is 0 Å². The van der Waals surface area contributed by atoms with Gasteiger partial charge in [-0.1, -0.05) is 6.07 Å². The summed E-state index contributed by atoms with van der Waals surface area (Å²) < 4.78 is 0. The molecule has 0 radical (unpaired) electrons. The van der Waals surface area contributed by atoms with E-state index in [0.29, 0.717) is 18.7 Å². The number of amides is 3. The number of nitrogens with one attached hydrogen (secondary N) is 2. The molecule has 3 rings (SSSR count). The fourth-order valence-electron chi connectivity index (χ4n) is 2.78. The molecule has 26 heavy (non-hydrogen) atoms. The molecule has 1 fully saturated rings. The molecule has 2 heterocycles. The highest BCUT2D eigenvalue weighted by Gasteiger charge is 2.20. The van der Waals surface area contributed by atoms with Crippen molar-refractivity contribution in [2.45, 2.75) is 25.8 Å². The lowest BCUT2D eigenvalue weighted by Gasteiger charge is -2.27. The van der Waals surface area contributed by atoms with Gasteiger partial charge in [-0.05, 0) is 48.7 Å². The number of anilines is 2. The minimum atomic E-state index is -0.749. The molecule has 1 aromatic heterocycles. The second-order valence-electron chi connectivity index (χ2n) is 6.05. The Morgan fingerprint density at radius 3 is 2.65 bits per heavy atom. The summed E-state index contributed by atoms with van der Waals surface area (Å²) in [5.41, 5.74) is 2.06. The number of hydrogen-bond donors (Lipinski definition) is 2. The smallest absolute Gasteiger partial charge is 0.313 e. The van der Waals surface area contributed by atoms with E-state index in [9.17, 15) is 14.4 Å². The Morgan fingerprint density at radius 1 is 1.08 bits per heavy atom. The lowest BCUT2D eigenvalue weighted by Crippen LogP contribution is -2.36. The zero-order valence-electron chi connectivity index (χ0n) is 14.3. The molecule has 0 bridgehead atoms. The van der Waals surface area contributed by atoms with Crippen LogP contribution in [0, 0.1) is 0 Å². The van der Waals surface area contributed by atoms with Crippen molar-refractivity contribution < 1.29 is 14.4 Å². The fraction of sp³-hybridized carbons (Fsp3) is 0.263. The van der Waals surface area contributed by atoms with Crippen molar-refractivity contribution in [1.82, 2.24) is 10.3 Å². The first-order chi connectivity index (χ1) is 12.6. The standard InChI is InChI=1S/C19H20N4O3/c24-17-6-1-2-11-23(17)16-5-3-4-15(12-16)22-19(26)18(25)21-13-14-7-9-20-10-8-14/h3-5,7-10,12H,1-2,6,11,13H2,(H,21,25)(H,22,26). The topological polar surface area (TPSA) is 91.4 Å². The van der Waals surface area contributed by atoms with Gasteiger partial charge in [0.1, 0.15) is 0 Å². The Bertz CT molecular complexity index is 807. The average molecular weight is 352 g/mol. The highest BCUT2D eigenvalue weighted by Crippen LogP contribution is 2.23. The molecule has 1 aliphatic heterocycles. The molecular weight excluding hydrogens is 332 g/mol. The van der Waals surface area contributed by atoms with Gasteiger partial charge in [0.25, 0.3) is 0 Å². The monoisotopic (exact) mass is 352 g/mol. The van der Waals surface area contributed by atoms with Crippen molar-refractivity contribution in [2.75, 3.05) is 16.8 Å². The number of benzene rings is 1. The van der Waals surface area contributed by atoms with Crippen LogP contribution in [0.1, 0.15) is 24.8 Å². The maximum Gasteiger partial charge on any atom is 0.313 e. The first-order valence-corrected chi connectivity index (χ1v) is 8.52. The Morgan fingerprint density at radius 2 is 1.88 bits per heavy atom. The van der Waals surface area contributed by atoms with Crippen LogP contribution in [0.2, 0.25) is 0 Å². The summed E-state index contributed by atoms with van der Waals surface area (Å²) in [5, 5.41) is 5.13. The van der Waals surface area contributed by atoms with E-state index in [-0.39, 0.29) is 12.5 Å². The van der Waals surface area contributed by atoms with E-state index in [1.165, 1.54) is 0 Å². The van der Waals surface area contributed by atoms with E-state index >= 15 is 0 Å². The third-order valence-corrected chi connectivity index (χ3v) is 4.15. The van der Waals surface area contributed by atoms with Crippen molar-refractivity contribution in [3.63, 3.8) is 0 Å². The molecule has 0 unspecified atom stereocenters. The minimum absolute atomic E-state index is 0.0785. The molecule has 0 spiro atoms. The second kappa shape index (κ2) is 8.24. The molecule has 0 saturated carbocycles. The Labute approximate surface area is 151 Å². The normalized spacial score (nSPS) is 14.0. The Balaban J connectivity index is 1.59. The number of piperidine rings is 1. The summed E-state index contributed by atoms with van der Waals surface area (Å²) in [6, 6.07) is 10.5. The maximum absolute atomic E-state index is 12.1. The van der Waals surface area contributed by atoms with Gasteiger partial charge in [0.15, 0.2) is 0 Å². The fourth-order valence-corrected chi connectivity index (χ4v) is 2.78. The zero-order valence-corrected chi connectivity index (χ0v) is 14.3. The van der Waals surface area contributed by atoms with Crippen LogP contribution in [0.4, 0.5) is 11.4 Å². The molecule has 1 aliphatic rings. The van der Waals surface area contributed by atoms with E-state index < -0.39 is 11.8 Å². The molecule has 1 aromatic carbocycles. The first-order valence-electron chi connectivity index (χ1n) is 8.52. The zero-order chi connectivity index (χ0) is 18.4. The summed E-state index contributed by atoms with van der Waals surface area (Å²) in [7, 11) is 0. The quantitative estimate of drug-likeness (QED) is 0.822. The van der Waals surface area contributed by atoms with Crippen LogP contribution in [0.25, 0.3) is 0 Å². The predicted molar refractivity (Wildman–Crippen MR) is 97.4 cm³/mol. The van der Waals surface area contributed by atoms with Gasteiger partial charge < -0.3 is 15.5 Å².